The first kappa shape index (κ1) is 16.5. The third kappa shape index (κ3) is 3.93. The second kappa shape index (κ2) is 7.45. The molecular formula is C19H27NO3. The van der Waals surface area contributed by atoms with Crippen LogP contribution in [-0.4, -0.2) is 42.2 Å². The SMILES string of the molecule is CN(CC1CCCCC1O)C(=O)CC1OCCc2ccccc21. The third-order valence-electron chi connectivity index (χ3n) is 5.26. The molecule has 23 heavy (non-hydrogen) atoms. The summed E-state index contributed by atoms with van der Waals surface area (Å²) in [5, 5.41) is 10.1. The van der Waals surface area contributed by atoms with Crippen LogP contribution in [0.5, 0.6) is 0 Å². The van der Waals surface area contributed by atoms with Crippen LogP contribution in [0.2, 0.25) is 0 Å². The molecule has 0 spiro atoms. The van der Waals surface area contributed by atoms with Gasteiger partial charge in [0.2, 0.25) is 5.91 Å². The van der Waals surface area contributed by atoms with Crippen molar-refractivity contribution in [2.45, 2.75) is 50.7 Å². The quantitative estimate of drug-likeness (QED) is 0.929. The predicted octanol–water partition coefficient (Wildman–Crippen LogP) is 2.70. The number of benzene rings is 1. The Morgan fingerprint density at radius 2 is 2.09 bits per heavy atom. The third-order valence-corrected chi connectivity index (χ3v) is 5.26. The number of hydrogen-bond donors (Lipinski definition) is 1. The van der Waals surface area contributed by atoms with E-state index >= 15 is 0 Å². The maximum absolute atomic E-state index is 12.6. The van der Waals surface area contributed by atoms with Gasteiger partial charge in [-0.2, -0.15) is 0 Å². The summed E-state index contributed by atoms with van der Waals surface area (Å²) in [4.78, 5) is 14.3. The van der Waals surface area contributed by atoms with Gasteiger partial charge in [-0.1, -0.05) is 37.1 Å². The molecule has 3 atom stereocenters. The molecule has 0 bridgehead atoms. The Hall–Kier alpha value is -1.39. The van der Waals surface area contributed by atoms with Gasteiger partial charge in [-0.3, -0.25) is 4.79 Å². The van der Waals surface area contributed by atoms with Gasteiger partial charge in [0.25, 0.3) is 0 Å². The fourth-order valence-corrected chi connectivity index (χ4v) is 3.81. The van der Waals surface area contributed by atoms with Crippen LogP contribution in [0, 0.1) is 5.92 Å². The van der Waals surface area contributed by atoms with E-state index in [9.17, 15) is 9.90 Å². The van der Waals surface area contributed by atoms with Crippen molar-refractivity contribution in [1.29, 1.82) is 0 Å². The second-order valence-corrected chi connectivity index (χ2v) is 6.90. The number of aliphatic hydroxyl groups excluding tert-OH is 1. The molecule has 1 aliphatic heterocycles. The van der Waals surface area contributed by atoms with E-state index < -0.39 is 0 Å². The van der Waals surface area contributed by atoms with Crippen LogP contribution in [0.25, 0.3) is 0 Å². The first-order valence-electron chi connectivity index (χ1n) is 8.76. The maximum Gasteiger partial charge on any atom is 0.225 e. The standard InChI is InChI=1S/C19H27NO3/c1-20(13-15-7-3-5-9-17(15)21)19(22)12-18-16-8-4-2-6-14(16)10-11-23-18/h2,4,6,8,15,17-18,21H,3,5,7,9-13H2,1H3. The van der Waals surface area contributed by atoms with Gasteiger partial charge in [0.15, 0.2) is 0 Å². The van der Waals surface area contributed by atoms with Crippen molar-refractivity contribution in [3.05, 3.63) is 35.4 Å². The minimum Gasteiger partial charge on any atom is -0.393 e. The summed E-state index contributed by atoms with van der Waals surface area (Å²) in [5.74, 6) is 0.321. The first-order chi connectivity index (χ1) is 11.1. The highest BCUT2D eigenvalue weighted by atomic mass is 16.5. The zero-order valence-corrected chi connectivity index (χ0v) is 13.9. The Kier molecular flexibility index (Phi) is 5.34. The lowest BCUT2D eigenvalue weighted by Gasteiger charge is -2.32. The summed E-state index contributed by atoms with van der Waals surface area (Å²) in [6.07, 6.45) is 5.05. The van der Waals surface area contributed by atoms with E-state index in [0.29, 0.717) is 19.6 Å². The Labute approximate surface area is 138 Å². The van der Waals surface area contributed by atoms with Crippen LogP contribution in [0.4, 0.5) is 0 Å². The van der Waals surface area contributed by atoms with Crippen molar-refractivity contribution in [3.8, 4) is 0 Å². The van der Waals surface area contributed by atoms with Crippen LogP contribution in [-0.2, 0) is 16.0 Å². The zero-order chi connectivity index (χ0) is 16.2. The van der Waals surface area contributed by atoms with Crippen molar-refractivity contribution in [1.82, 2.24) is 4.90 Å². The molecule has 3 rings (SSSR count). The summed E-state index contributed by atoms with van der Waals surface area (Å²) in [6.45, 7) is 1.33. The molecule has 4 nitrogen and oxygen atoms in total. The van der Waals surface area contributed by atoms with Crippen molar-refractivity contribution >= 4 is 5.91 Å². The molecule has 1 aliphatic carbocycles. The fraction of sp³-hybridized carbons (Fsp3) is 0.632. The lowest BCUT2D eigenvalue weighted by Crippen LogP contribution is -2.38. The van der Waals surface area contributed by atoms with Gasteiger partial charge in [-0.25, -0.2) is 0 Å². The van der Waals surface area contributed by atoms with Crippen LogP contribution in [0.15, 0.2) is 24.3 Å². The predicted molar refractivity (Wildman–Crippen MR) is 89.1 cm³/mol. The molecular weight excluding hydrogens is 290 g/mol. The lowest BCUT2D eigenvalue weighted by atomic mass is 9.86. The molecule has 1 fully saturated rings. The number of aliphatic hydroxyl groups is 1. The van der Waals surface area contributed by atoms with E-state index in [4.69, 9.17) is 4.74 Å². The van der Waals surface area contributed by atoms with E-state index in [0.717, 1.165) is 37.7 Å². The van der Waals surface area contributed by atoms with Gasteiger partial charge in [-0.05, 0) is 30.4 Å². The van der Waals surface area contributed by atoms with Gasteiger partial charge in [-0.15, -0.1) is 0 Å². The van der Waals surface area contributed by atoms with Crippen LogP contribution >= 0.6 is 0 Å². The number of fused-ring (bicyclic) bond motifs is 1. The molecule has 1 N–H and O–H groups in total. The molecule has 1 amide bonds. The number of hydrogen-bond acceptors (Lipinski definition) is 3. The van der Waals surface area contributed by atoms with E-state index in [1.165, 1.54) is 5.56 Å². The topological polar surface area (TPSA) is 49.8 Å². The number of carbonyl (C=O) groups is 1. The Morgan fingerprint density at radius 3 is 2.91 bits per heavy atom. The molecule has 2 aliphatic rings. The average Bonchev–Trinajstić information content (AvgIpc) is 2.57. The molecule has 0 radical (unpaired) electrons. The monoisotopic (exact) mass is 317 g/mol. The minimum absolute atomic E-state index is 0.101. The number of carbonyl (C=O) groups excluding carboxylic acids is 1. The molecule has 3 unspecified atom stereocenters. The fourth-order valence-electron chi connectivity index (χ4n) is 3.81. The van der Waals surface area contributed by atoms with Crippen molar-refractivity contribution in [2.24, 2.45) is 5.92 Å². The Morgan fingerprint density at radius 1 is 1.30 bits per heavy atom. The Balaban J connectivity index is 1.58. The van der Waals surface area contributed by atoms with E-state index in [2.05, 4.69) is 12.1 Å². The molecule has 1 saturated carbocycles. The molecule has 1 heterocycles. The molecule has 1 aromatic carbocycles. The van der Waals surface area contributed by atoms with Gasteiger partial charge in [0.1, 0.15) is 0 Å². The summed E-state index contributed by atoms with van der Waals surface area (Å²) in [6, 6.07) is 8.24. The highest BCUT2D eigenvalue weighted by Gasteiger charge is 2.28. The largest absolute Gasteiger partial charge is 0.393 e. The van der Waals surface area contributed by atoms with Gasteiger partial charge in [0.05, 0.1) is 25.2 Å². The molecule has 126 valence electrons. The van der Waals surface area contributed by atoms with Crippen LogP contribution in [0.3, 0.4) is 0 Å². The molecule has 0 saturated heterocycles. The summed E-state index contributed by atoms with van der Waals surface area (Å²) >= 11 is 0. The van der Waals surface area contributed by atoms with Crippen molar-refractivity contribution < 1.29 is 14.6 Å². The minimum atomic E-state index is -0.259. The number of nitrogens with zero attached hydrogens (tertiary/aromatic N) is 1. The van der Waals surface area contributed by atoms with E-state index in [-0.39, 0.29) is 24.0 Å². The lowest BCUT2D eigenvalue weighted by molar-refractivity contribution is -0.134. The van der Waals surface area contributed by atoms with Crippen LogP contribution < -0.4 is 0 Å². The summed E-state index contributed by atoms with van der Waals surface area (Å²) in [5.41, 5.74) is 2.44. The van der Waals surface area contributed by atoms with Crippen molar-refractivity contribution in [3.63, 3.8) is 0 Å². The van der Waals surface area contributed by atoms with Crippen molar-refractivity contribution in [2.75, 3.05) is 20.2 Å². The highest BCUT2D eigenvalue weighted by molar-refractivity contribution is 5.76. The number of amides is 1. The highest BCUT2D eigenvalue weighted by Crippen LogP contribution is 2.30. The maximum atomic E-state index is 12.6. The first-order valence-corrected chi connectivity index (χ1v) is 8.76. The Bertz CT molecular complexity index is 545. The summed E-state index contributed by atoms with van der Waals surface area (Å²) < 4.78 is 5.84. The molecule has 1 aromatic rings. The summed E-state index contributed by atoms with van der Waals surface area (Å²) in [7, 11) is 1.85. The smallest absolute Gasteiger partial charge is 0.225 e. The molecule has 0 aromatic heterocycles. The normalized spacial score (nSPS) is 27.3. The van der Waals surface area contributed by atoms with Gasteiger partial charge < -0.3 is 14.7 Å². The van der Waals surface area contributed by atoms with E-state index in [1.54, 1.807) is 4.90 Å². The average molecular weight is 317 g/mol. The second-order valence-electron chi connectivity index (χ2n) is 6.90. The zero-order valence-electron chi connectivity index (χ0n) is 13.9. The molecule has 4 heteroatoms. The van der Waals surface area contributed by atoms with E-state index in [1.807, 2.05) is 19.2 Å². The van der Waals surface area contributed by atoms with Crippen LogP contribution in [0.1, 0.15) is 49.3 Å². The number of ether oxygens (including phenoxy) is 1. The number of rotatable bonds is 4. The van der Waals surface area contributed by atoms with Gasteiger partial charge in [0, 0.05) is 19.5 Å². The van der Waals surface area contributed by atoms with Gasteiger partial charge >= 0.3 is 0 Å².